The largest absolute Gasteiger partial charge is 0.393 e. The predicted octanol–water partition coefficient (Wildman–Crippen LogP) is 4.57. The van der Waals surface area contributed by atoms with Gasteiger partial charge in [-0.05, 0) is 29.2 Å². The lowest BCUT2D eigenvalue weighted by Crippen LogP contribution is -2.11. The summed E-state index contributed by atoms with van der Waals surface area (Å²) in [6, 6.07) is 4.62. The number of rotatable bonds is 2. The van der Waals surface area contributed by atoms with Crippen molar-refractivity contribution in [2.75, 3.05) is 0 Å². The zero-order valence-corrected chi connectivity index (χ0v) is 9.28. The SMILES string of the molecule is CC(C)c1cc(Cl)cc(CC(F)(F)F)c1. The summed E-state index contributed by atoms with van der Waals surface area (Å²) in [5.74, 6) is 0.177. The van der Waals surface area contributed by atoms with Gasteiger partial charge in [-0.2, -0.15) is 13.2 Å². The molecule has 0 nitrogen and oxygen atoms in total. The first-order valence-electron chi connectivity index (χ1n) is 4.64. The van der Waals surface area contributed by atoms with E-state index in [1.165, 1.54) is 6.07 Å². The van der Waals surface area contributed by atoms with Gasteiger partial charge < -0.3 is 0 Å². The topological polar surface area (TPSA) is 0 Å². The van der Waals surface area contributed by atoms with Gasteiger partial charge in [-0.1, -0.05) is 31.5 Å². The minimum atomic E-state index is -4.18. The number of hydrogen-bond donors (Lipinski definition) is 0. The minimum Gasteiger partial charge on any atom is -0.171 e. The Morgan fingerprint density at radius 1 is 1.20 bits per heavy atom. The summed E-state index contributed by atoms with van der Waals surface area (Å²) >= 11 is 5.76. The maximum absolute atomic E-state index is 12.2. The smallest absolute Gasteiger partial charge is 0.171 e. The van der Waals surface area contributed by atoms with Crippen LogP contribution in [0.4, 0.5) is 13.2 Å². The van der Waals surface area contributed by atoms with E-state index in [2.05, 4.69) is 0 Å². The molecule has 0 fully saturated rings. The Kier molecular flexibility index (Phi) is 3.66. The molecule has 0 aliphatic heterocycles. The molecule has 0 atom stereocenters. The molecular weight excluding hydrogens is 225 g/mol. The highest BCUT2D eigenvalue weighted by molar-refractivity contribution is 6.30. The van der Waals surface area contributed by atoms with Crippen molar-refractivity contribution < 1.29 is 13.2 Å². The molecule has 0 heterocycles. The molecule has 84 valence electrons. The Morgan fingerprint density at radius 3 is 2.27 bits per heavy atom. The summed E-state index contributed by atoms with van der Waals surface area (Å²) in [6.45, 7) is 3.84. The molecule has 0 bridgehead atoms. The third kappa shape index (κ3) is 4.12. The highest BCUT2D eigenvalue weighted by Crippen LogP contribution is 2.26. The van der Waals surface area contributed by atoms with E-state index in [-0.39, 0.29) is 11.5 Å². The predicted molar refractivity (Wildman–Crippen MR) is 55.3 cm³/mol. The molecule has 15 heavy (non-hydrogen) atoms. The van der Waals surface area contributed by atoms with Crippen LogP contribution in [0.15, 0.2) is 18.2 Å². The summed E-state index contributed by atoms with van der Waals surface area (Å²) in [5, 5.41) is 0.362. The second-order valence-electron chi connectivity index (χ2n) is 3.84. The molecule has 0 radical (unpaired) electrons. The van der Waals surface area contributed by atoms with Crippen LogP contribution in [-0.2, 0) is 6.42 Å². The average molecular weight is 237 g/mol. The Morgan fingerprint density at radius 2 is 1.80 bits per heavy atom. The molecule has 0 amide bonds. The van der Waals surface area contributed by atoms with E-state index in [1.54, 1.807) is 12.1 Å². The number of halogens is 4. The van der Waals surface area contributed by atoms with Gasteiger partial charge in [0.1, 0.15) is 0 Å². The Bertz CT molecular complexity index is 342. The normalized spacial score (nSPS) is 12.2. The van der Waals surface area contributed by atoms with E-state index < -0.39 is 12.6 Å². The van der Waals surface area contributed by atoms with Gasteiger partial charge in [-0.3, -0.25) is 0 Å². The van der Waals surface area contributed by atoms with Crippen LogP contribution in [-0.4, -0.2) is 6.18 Å². The lowest BCUT2D eigenvalue weighted by Gasteiger charge is -2.11. The van der Waals surface area contributed by atoms with Crippen LogP contribution in [0, 0.1) is 0 Å². The highest BCUT2D eigenvalue weighted by Gasteiger charge is 2.27. The molecule has 0 aromatic heterocycles. The van der Waals surface area contributed by atoms with Crippen molar-refractivity contribution in [3.05, 3.63) is 34.3 Å². The third-order valence-electron chi connectivity index (χ3n) is 2.05. The molecule has 0 saturated carbocycles. The van der Waals surface area contributed by atoms with Crippen molar-refractivity contribution in [2.24, 2.45) is 0 Å². The zero-order valence-electron chi connectivity index (χ0n) is 8.53. The van der Waals surface area contributed by atoms with Crippen LogP contribution in [0.5, 0.6) is 0 Å². The van der Waals surface area contributed by atoms with E-state index in [4.69, 9.17) is 11.6 Å². The summed E-state index contributed by atoms with van der Waals surface area (Å²) in [4.78, 5) is 0. The quantitative estimate of drug-likeness (QED) is 0.706. The Balaban J connectivity index is 2.99. The van der Waals surface area contributed by atoms with Gasteiger partial charge in [0.05, 0.1) is 6.42 Å². The fourth-order valence-electron chi connectivity index (χ4n) is 1.34. The molecule has 0 aliphatic rings. The van der Waals surface area contributed by atoms with Gasteiger partial charge in [0.15, 0.2) is 0 Å². The van der Waals surface area contributed by atoms with Gasteiger partial charge >= 0.3 is 6.18 Å². The fourth-order valence-corrected chi connectivity index (χ4v) is 1.61. The summed E-state index contributed by atoms with van der Waals surface area (Å²) in [5.41, 5.74) is 1.06. The molecule has 1 rings (SSSR count). The number of benzene rings is 1. The van der Waals surface area contributed by atoms with Crippen LogP contribution in [0.25, 0.3) is 0 Å². The van der Waals surface area contributed by atoms with Crippen molar-refractivity contribution in [1.29, 1.82) is 0 Å². The average Bonchev–Trinajstić information content (AvgIpc) is 1.99. The molecule has 4 heteroatoms. The van der Waals surface area contributed by atoms with Gasteiger partial charge in [0, 0.05) is 5.02 Å². The summed E-state index contributed by atoms with van der Waals surface area (Å²) in [6.07, 6.45) is -5.10. The maximum atomic E-state index is 12.2. The van der Waals surface area contributed by atoms with Crippen LogP contribution in [0.1, 0.15) is 30.9 Å². The molecule has 1 aromatic rings. The van der Waals surface area contributed by atoms with Crippen molar-refractivity contribution in [2.45, 2.75) is 32.4 Å². The van der Waals surface area contributed by atoms with E-state index >= 15 is 0 Å². The van der Waals surface area contributed by atoms with E-state index in [9.17, 15) is 13.2 Å². The fraction of sp³-hybridized carbons (Fsp3) is 0.455. The van der Waals surface area contributed by atoms with Crippen molar-refractivity contribution >= 4 is 11.6 Å². The van der Waals surface area contributed by atoms with Crippen LogP contribution < -0.4 is 0 Å². The second kappa shape index (κ2) is 4.44. The first-order chi connectivity index (χ1) is 6.78. The van der Waals surface area contributed by atoms with E-state index in [1.807, 2.05) is 13.8 Å². The molecular formula is C11H12ClF3. The van der Waals surface area contributed by atoms with Crippen molar-refractivity contribution in [1.82, 2.24) is 0 Å². The van der Waals surface area contributed by atoms with Crippen molar-refractivity contribution in [3.8, 4) is 0 Å². The molecule has 1 aromatic carbocycles. The number of alkyl halides is 3. The molecule has 0 saturated heterocycles. The first kappa shape index (κ1) is 12.4. The van der Waals surface area contributed by atoms with E-state index in [0.717, 1.165) is 5.56 Å². The minimum absolute atomic E-state index is 0.177. The Labute approximate surface area is 92.1 Å². The van der Waals surface area contributed by atoms with E-state index in [0.29, 0.717) is 5.02 Å². The second-order valence-corrected chi connectivity index (χ2v) is 4.28. The number of hydrogen-bond acceptors (Lipinski definition) is 0. The molecule has 0 spiro atoms. The monoisotopic (exact) mass is 236 g/mol. The molecule has 0 N–H and O–H groups in total. The van der Waals surface area contributed by atoms with Gasteiger partial charge in [-0.25, -0.2) is 0 Å². The summed E-state index contributed by atoms with van der Waals surface area (Å²) < 4.78 is 36.5. The van der Waals surface area contributed by atoms with Crippen LogP contribution >= 0.6 is 11.6 Å². The van der Waals surface area contributed by atoms with Crippen LogP contribution in [0.2, 0.25) is 5.02 Å². The standard InChI is InChI=1S/C11H12ClF3/c1-7(2)9-3-8(4-10(12)5-9)6-11(13,14)15/h3-5,7H,6H2,1-2H3. The summed E-state index contributed by atoms with van der Waals surface area (Å²) in [7, 11) is 0. The zero-order chi connectivity index (χ0) is 11.6. The third-order valence-corrected chi connectivity index (χ3v) is 2.27. The molecule has 0 unspecified atom stereocenters. The lowest BCUT2D eigenvalue weighted by atomic mass is 9.99. The highest BCUT2D eigenvalue weighted by atomic mass is 35.5. The van der Waals surface area contributed by atoms with Gasteiger partial charge in [-0.15, -0.1) is 0 Å². The first-order valence-corrected chi connectivity index (χ1v) is 5.02. The van der Waals surface area contributed by atoms with Crippen molar-refractivity contribution in [3.63, 3.8) is 0 Å². The Hall–Kier alpha value is -0.700. The van der Waals surface area contributed by atoms with Gasteiger partial charge in [0.25, 0.3) is 0 Å². The molecule has 0 aliphatic carbocycles. The van der Waals surface area contributed by atoms with Gasteiger partial charge in [0.2, 0.25) is 0 Å². The van der Waals surface area contributed by atoms with Crippen LogP contribution in [0.3, 0.4) is 0 Å². The maximum Gasteiger partial charge on any atom is 0.393 e. The lowest BCUT2D eigenvalue weighted by molar-refractivity contribution is -0.127.